The van der Waals surface area contributed by atoms with E-state index in [9.17, 15) is 5.11 Å². The zero-order chi connectivity index (χ0) is 10.8. The van der Waals surface area contributed by atoms with Crippen LogP contribution in [-0.4, -0.2) is 42.4 Å². The Morgan fingerprint density at radius 2 is 2.27 bits per heavy atom. The Morgan fingerprint density at radius 3 is 3.00 bits per heavy atom. The first-order valence-corrected chi connectivity index (χ1v) is 4.43. The topological polar surface area (TPSA) is 110 Å². The van der Waals surface area contributed by atoms with Crippen LogP contribution in [0.15, 0.2) is 12.5 Å². The number of imidazole rings is 1. The number of rotatable bonds is 3. The highest BCUT2D eigenvalue weighted by Gasteiger charge is 2.09. The first-order chi connectivity index (χ1) is 7.20. The van der Waals surface area contributed by atoms with Crippen LogP contribution in [0, 0.1) is 0 Å². The SMILES string of the molecule is Nc1ncc2ncn(CC(O)CO)c2n1. The van der Waals surface area contributed by atoms with Gasteiger partial charge in [0.05, 0.1) is 31.8 Å². The van der Waals surface area contributed by atoms with Gasteiger partial charge < -0.3 is 20.5 Å². The molecule has 1 atom stereocenters. The Labute approximate surface area is 85.2 Å². The Bertz CT molecular complexity index is 469. The molecule has 0 saturated carbocycles. The molecule has 15 heavy (non-hydrogen) atoms. The highest BCUT2D eigenvalue weighted by atomic mass is 16.3. The number of anilines is 1. The normalized spacial score (nSPS) is 13.2. The Kier molecular flexibility index (Phi) is 2.48. The van der Waals surface area contributed by atoms with Crippen LogP contribution in [0.5, 0.6) is 0 Å². The number of hydrogen-bond donors (Lipinski definition) is 3. The van der Waals surface area contributed by atoms with E-state index < -0.39 is 6.10 Å². The minimum absolute atomic E-state index is 0.155. The molecular formula is C8H11N5O2. The van der Waals surface area contributed by atoms with Crippen molar-refractivity contribution >= 4 is 17.1 Å². The Morgan fingerprint density at radius 1 is 1.47 bits per heavy atom. The summed E-state index contributed by atoms with van der Waals surface area (Å²) in [5, 5.41) is 18.0. The molecule has 0 bridgehead atoms. The molecule has 1 unspecified atom stereocenters. The van der Waals surface area contributed by atoms with E-state index in [-0.39, 0.29) is 19.1 Å². The lowest BCUT2D eigenvalue weighted by molar-refractivity contribution is 0.0820. The van der Waals surface area contributed by atoms with Crippen LogP contribution >= 0.6 is 0 Å². The predicted octanol–water partition coefficient (Wildman–Crippen LogP) is -1.24. The molecule has 0 radical (unpaired) electrons. The third-order valence-corrected chi connectivity index (χ3v) is 2.00. The van der Waals surface area contributed by atoms with Gasteiger partial charge in [-0.25, -0.2) is 9.97 Å². The minimum atomic E-state index is -0.835. The summed E-state index contributed by atoms with van der Waals surface area (Å²) in [6.07, 6.45) is 2.20. The number of aliphatic hydroxyl groups excluding tert-OH is 2. The second-order valence-corrected chi connectivity index (χ2v) is 3.17. The zero-order valence-electron chi connectivity index (χ0n) is 7.91. The van der Waals surface area contributed by atoms with Gasteiger partial charge in [0.25, 0.3) is 0 Å². The van der Waals surface area contributed by atoms with Gasteiger partial charge in [0.2, 0.25) is 5.95 Å². The molecule has 2 heterocycles. The molecule has 0 aliphatic heterocycles. The average molecular weight is 209 g/mol. The number of aliphatic hydroxyl groups is 2. The molecule has 0 fully saturated rings. The molecule has 2 aromatic heterocycles. The standard InChI is InChI=1S/C8H11N5O2/c9-8-10-1-6-7(12-8)13(4-11-6)2-5(15)3-14/h1,4-5,14-15H,2-3H2,(H2,9,10,12). The molecule has 0 aliphatic carbocycles. The van der Waals surface area contributed by atoms with E-state index in [1.165, 1.54) is 12.5 Å². The third-order valence-electron chi connectivity index (χ3n) is 2.00. The van der Waals surface area contributed by atoms with Gasteiger partial charge in [0, 0.05) is 0 Å². The van der Waals surface area contributed by atoms with Gasteiger partial charge in [-0.05, 0) is 0 Å². The maximum atomic E-state index is 9.29. The van der Waals surface area contributed by atoms with Crippen molar-refractivity contribution in [3.8, 4) is 0 Å². The highest BCUT2D eigenvalue weighted by molar-refractivity contribution is 5.70. The lowest BCUT2D eigenvalue weighted by Crippen LogP contribution is -2.19. The van der Waals surface area contributed by atoms with E-state index in [4.69, 9.17) is 10.8 Å². The van der Waals surface area contributed by atoms with Gasteiger partial charge in [0.15, 0.2) is 5.65 Å². The molecule has 80 valence electrons. The average Bonchev–Trinajstić information content (AvgIpc) is 2.61. The fourth-order valence-corrected chi connectivity index (χ4v) is 1.29. The van der Waals surface area contributed by atoms with Gasteiger partial charge in [-0.3, -0.25) is 0 Å². The molecular weight excluding hydrogens is 198 g/mol. The van der Waals surface area contributed by atoms with Gasteiger partial charge in [0.1, 0.15) is 5.52 Å². The lowest BCUT2D eigenvalue weighted by atomic mass is 10.4. The third kappa shape index (κ3) is 1.88. The van der Waals surface area contributed by atoms with Crippen LogP contribution < -0.4 is 5.73 Å². The molecule has 0 saturated heterocycles. The summed E-state index contributed by atoms with van der Waals surface area (Å²) in [5.41, 5.74) is 6.60. The molecule has 0 amide bonds. The first-order valence-electron chi connectivity index (χ1n) is 4.43. The minimum Gasteiger partial charge on any atom is -0.394 e. The summed E-state index contributed by atoms with van der Waals surface area (Å²) in [6.45, 7) is -0.0797. The molecule has 7 heteroatoms. The Balaban J connectivity index is 2.39. The maximum Gasteiger partial charge on any atom is 0.222 e. The van der Waals surface area contributed by atoms with E-state index in [2.05, 4.69) is 15.0 Å². The fraction of sp³-hybridized carbons (Fsp3) is 0.375. The predicted molar refractivity (Wildman–Crippen MR) is 52.8 cm³/mol. The van der Waals surface area contributed by atoms with E-state index >= 15 is 0 Å². The summed E-state index contributed by atoms with van der Waals surface area (Å²) in [6, 6.07) is 0. The maximum absolute atomic E-state index is 9.29. The molecule has 0 aliphatic rings. The van der Waals surface area contributed by atoms with Crippen LogP contribution in [0.3, 0.4) is 0 Å². The van der Waals surface area contributed by atoms with E-state index in [0.717, 1.165) is 0 Å². The molecule has 2 aromatic rings. The number of fused-ring (bicyclic) bond motifs is 1. The van der Waals surface area contributed by atoms with Crippen LogP contribution in [0.4, 0.5) is 5.95 Å². The number of aromatic nitrogens is 4. The van der Waals surface area contributed by atoms with Crippen LogP contribution in [0.1, 0.15) is 0 Å². The van der Waals surface area contributed by atoms with E-state index in [1.807, 2.05) is 0 Å². The van der Waals surface area contributed by atoms with Gasteiger partial charge >= 0.3 is 0 Å². The van der Waals surface area contributed by atoms with Crippen molar-refractivity contribution in [1.82, 2.24) is 19.5 Å². The van der Waals surface area contributed by atoms with Gasteiger partial charge in [-0.2, -0.15) is 4.98 Å². The monoisotopic (exact) mass is 209 g/mol. The van der Waals surface area contributed by atoms with Gasteiger partial charge in [-0.15, -0.1) is 0 Å². The second-order valence-electron chi connectivity index (χ2n) is 3.17. The molecule has 7 nitrogen and oxygen atoms in total. The summed E-state index contributed by atoms with van der Waals surface area (Å²) in [5.74, 6) is 0.155. The van der Waals surface area contributed by atoms with Gasteiger partial charge in [-0.1, -0.05) is 0 Å². The largest absolute Gasteiger partial charge is 0.394 e. The Hall–Kier alpha value is -1.73. The van der Waals surface area contributed by atoms with Crippen molar-refractivity contribution in [2.24, 2.45) is 0 Å². The number of nitrogens with two attached hydrogens (primary N) is 1. The summed E-state index contributed by atoms with van der Waals surface area (Å²) >= 11 is 0. The quantitative estimate of drug-likeness (QED) is 0.583. The summed E-state index contributed by atoms with van der Waals surface area (Å²) in [4.78, 5) is 11.8. The molecule has 4 N–H and O–H groups in total. The van der Waals surface area contributed by atoms with Crippen molar-refractivity contribution < 1.29 is 10.2 Å². The van der Waals surface area contributed by atoms with Crippen LogP contribution in [-0.2, 0) is 6.54 Å². The molecule has 2 rings (SSSR count). The molecule has 0 aromatic carbocycles. The van der Waals surface area contributed by atoms with Crippen molar-refractivity contribution in [2.75, 3.05) is 12.3 Å². The zero-order valence-corrected chi connectivity index (χ0v) is 7.91. The summed E-state index contributed by atoms with van der Waals surface area (Å²) < 4.78 is 1.62. The number of nitrogens with zero attached hydrogens (tertiary/aromatic N) is 4. The van der Waals surface area contributed by atoms with Crippen LogP contribution in [0.2, 0.25) is 0 Å². The van der Waals surface area contributed by atoms with Crippen molar-refractivity contribution in [1.29, 1.82) is 0 Å². The summed E-state index contributed by atoms with van der Waals surface area (Å²) in [7, 11) is 0. The molecule has 0 spiro atoms. The number of nitrogen functional groups attached to an aromatic ring is 1. The lowest BCUT2D eigenvalue weighted by Gasteiger charge is -2.07. The number of hydrogen-bond acceptors (Lipinski definition) is 6. The first kappa shape index (κ1) is 9.81. The second kappa shape index (κ2) is 3.79. The highest BCUT2D eigenvalue weighted by Crippen LogP contribution is 2.10. The van der Waals surface area contributed by atoms with Crippen molar-refractivity contribution in [3.63, 3.8) is 0 Å². The van der Waals surface area contributed by atoms with Crippen molar-refractivity contribution in [3.05, 3.63) is 12.5 Å². The fourth-order valence-electron chi connectivity index (χ4n) is 1.29. The van der Waals surface area contributed by atoms with E-state index in [1.54, 1.807) is 4.57 Å². The van der Waals surface area contributed by atoms with Crippen LogP contribution in [0.25, 0.3) is 11.2 Å². The van der Waals surface area contributed by atoms with Crippen molar-refractivity contribution in [2.45, 2.75) is 12.6 Å². The smallest absolute Gasteiger partial charge is 0.222 e. The van der Waals surface area contributed by atoms with E-state index in [0.29, 0.717) is 11.2 Å².